The van der Waals surface area contributed by atoms with Crippen LogP contribution >= 0.6 is 11.3 Å². The summed E-state index contributed by atoms with van der Waals surface area (Å²) in [6, 6.07) is 16.4. The van der Waals surface area contributed by atoms with E-state index >= 15 is 0 Å². The summed E-state index contributed by atoms with van der Waals surface area (Å²) >= 11 is 1.47. The third-order valence-corrected chi connectivity index (χ3v) is 6.86. The molecule has 0 N–H and O–H groups in total. The number of benzene rings is 2. The molecule has 1 atom stereocenters. The minimum Gasteiger partial charge on any atom is -0.461 e. The highest BCUT2D eigenvalue weighted by Gasteiger charge is 2.31. The van der Waals surface area contributed by atoms with Crippen molar-refractivity contribution in [2.24, 2.45) is 0 Å². The molecule has 31 heavy (non-hydrogen) atoms. The van der Waals surface area contributed by atoms with E-state index in [9.17, 15) is 9.18 Å². The molecule has 1 fully saturated rings. The minimum absolute atomic E-state index is 0.0514. The number of fused-ring (bicyclic) bond motifs is 1. The summed E-state index contributed by atoms with van der Waals surface area (Å²) in [5, 5.41) is 1.91. The normalized spacial score (nSPS) is 16.7. The molecule has 4 aromatic rings. The molecule has 3 heterocycles. The summed E-state index contributed by atoms with van der Waals surface area (Å²) in [7, 11) is 0. The number of hydrogen-bond donors (Lipinski definition) is 0. The highest BCUT2D eigenvalue weighted by molar-refractivity contribution is 7.15. The molecule has 0 bridgehead atoms. The number of carbonyl (C=O) groups is 1. The van der Waals surface area contributed by atoms with Crippen LogP contribution < -0.4 is 0 Å². The molecule has 0 spiro atoms. The van der Waals surface area contributed by atoms with Crippen molar-refractivity contribution in [3.8, 4) is 10.4 Å². The first-order valence-corrected chi connectivity index (χ1v) is 11.4. The predicted octanol–water partition coefficient (Wildman–Crippen LogP) is 6.24. The van der Waals surface area contributed by atoms with E-state index < -0.39 is 0 Å². The number of piperidine rings is 1. The number of para-hydroxylation sites is 1. The lowest BCUT2D eigenvalue weighted by Gasteiger charge is -2.35. The van der Waals surface area contributed by atoms with E-state index in [-0.39, 0.29) is 17.8 Å². The predicted molar refractivity (Wildman–Crippen MR) is 121 cm³/mol. The molecule has 0 radical (unpaired) electrons. The quantitative estimate of drug-likeness (QED) is 0.382. The molecule has 5 rings (SSSR count). The van der Waals surface area contributed by atoms with Crippen LogP contribution in [0.1, 0.15) is 40.5 Å². The average Bonchev–Trinajstić information content (AvgIpc) is 3.37. The Labute approximate surface area is 184 Å². The van der Waals surface area contributed by atoms with Crippen LogP contribution in [0.5, 0.6) is 0 Å². The zero-order chi connectivity index (χ0) is 21.4. The zero-order valence-electron chi connectivity index (χ0n) is 17.3. The maximum Gasteiger partial charge on any atom is 0.274 e. The van der Waals surface area contributed by atoms with Gasteiger partial charge < -0.3 is 9.32 Å². The van der Waals surface area contributed by atoms with Crippen molar-refractivity contribution < 1.29 is 13.6 Å². The maximum atomic E-state index is 13.6. The number of rotatable bonds is 4. The van der Waals surface area contributed by atoms with Gasteiger partial charge in [-0.15, -0.1) is 11.3 Å². The summed E-state index contributed by atoms with van der Waals surface area (Å²) in [4.78, 5) is 20.9. The van der Waals surface area contributed by atoms with Crippen molar-refractivity contribution in [3.63, 3.8) is 0 Å². The molecule has 6 heteroatoms. The topological polar surface area (TPSA) is 46.3 Å². The zero-order valence-corrected chi connectivity index (χ0v) is 18.1. The van der Waals surface area contributed by atoms with E-state index in [1.807, 2.05) is 36.1 Å². The smallest absolute Gasteiger partial charge is 0.274 e. The maximum absolute atomic E-state index is 13.6. The van der Waals surface area contributed by atoms with Crippen molar-refractivity contribution in [2.75, 3.05) is 6.54 Å². The third-order valence-electron chi connectivity index (χ3n) is 5.84. The minimum atomic E-state index is -0.292. The number of aromatic nitrogens is 1. The van der Waals surface area contributed by atoms with Gasteiger partial charge in [0.2, 0.25) is 0 Å². The van der Waals surface area contributed by atoms with Crippen LogP contribution in [0.4, 0.5) is 4.39 Å². The summed E-state index contributed by atoms with van der Waals surface area (Å²) in [6.07, 6.45) is 3.71. The van der Waals surface area contributed by atoms with Gasteiger partial charge in [-0.1, -0.05) is 30.3 Å². The molecule has 2 aromatic heterocycles. The molecule has 1 aliphatic rings. The van der Waals surface area contributed by atoms with Crippen LogP contribution in [0.25, 0.3) is 21.4 Å². The lowest BCUT2D eigenvalue weighted by atomic mass is 9.97. The molecule has 1 saturated heterocycles. The Kier molecular flexibility index (Phi) is 5.32. The van der Waals surface area contributed by atoms with Crippen molar-refractivity contribution in [1.82, 2.24) is 9.88 Å². The van der Waals surface area contributed by atoms with Crippen molar-refractivity contribution in [3.05, 3.63) is 76.9 Å². The van der Waals surface area contributed by atoms with E-state index in [0.29, 0.717) is 18.7 Å². The highest BCUT2D eigenvalue weighted by Crippen LogP contribution is 2.33. The second-order valence-electron chi connectivity index (χ2n) is 8.02. The summed E-state index contributed by atoms with van der Waals surface area (Å²) in [5.74, 6) is 0.559. The van der Waals surface area contributed by atoms with Crippen LogP contribution in [0.2, 0.25) is 0 Å². The third kappa shape index (κ3) is 4.00. The molecule has 0 saturated carbocycles. The van der Waals surface area contributed by atoms with Crippen LogP contribution in [0.3, 0.4) is 0 Å². The van der Waals surface area contributed by atoms with E-state index in [1.54, 1.807) is 12.1 Å². The average molecular weight is 435 g/mol. The van der Waals surface area contributed by atoms with Crippen molar-refractivity contribution >= 4 is 28.2 Å². The van der Waals surface area contributed by atoms with E-state index in [1.165, 1.54) is 23.5 Å². The van der Waals surface area contributed by atoms with Crippen LogP contribution in [-0.4, -0.2) is 28.4 Å². The highest BCUT2D eigenvalue weighted by atomic mass is 32.1. The van der Waals surface area contributed by atoms with E-state index in [0.717, 1.165) is 51.4 Å². The number of nitrogens with zero attached hydrogens (tertiary/aromatic N) is 2. The van der Waals surface area contributed by atoms with E-state index in [4.69, 9.17) is 4.42 Å². The summed E-state index contributed by atoms with van der Waals surface area (Å²) in [5.41, 5.74) is 2.16. The second-order valence-corrected chi connectivity index (χ2v) is 9.22. The lowest BCUT2D eigenvalue weighted by Crippen LogP contribution is -2.45. The van der Waals surface area contributed by atoms with Gasteiger partial charge in [0.05, 0.1) is 9.88 Å². The van der Waals surface area contributed by atoms with Crippen LogP contribution in [-0.2, 0) is 6.42 Å². The fourth-order valence-corrected chi connectivity index (χ4v) is 5.27. The van der Waals surface area contributed by atoms with Gasteiger partial charge in [-0.2, -0.15) is 0 Å². The Balaban J connectivity index is 1.44. The Morgan fingerprint density at radius 2 is 2.00 bits per heavy atom. The van der Waals surface area contributed by atoms with Crippen LogP contribution in [0.15, 0.2) is 59.0 Å². The molecule has 2 aromatic carbocycles. The van der Waals surface area contributed by atoms with Gasteiger partial charge in [0.25, 0.3) is 5.91 Å². The Morgan fingerprint density at radius 3 is 2.81 bits per heavy atom. The molecule has 0 aliphatic carbocycles. The number of carbonyl (C=O) groups excluding carboxylic acids is 1. The molecule has 1 unspecified atom stereocenters. The van der Waals surface area contributed by atoms with Gasteiger partial charge in [0.1, 0.15) is 22.9 Å². The van der Waals surface area contributed by atoms with Crippen molar-refractivity contribution in [2.45, 2.75) is 38.6 Å². The SMILES string of the molecule is Cc1nc(C(=O)N2CCCCC2Cc2cc3ccccc3o2)c(-c2ccc(F)cc2)s1. The number of amides is 1. The summed E-state index contributed by atoms with van der Waals surface area (Å²) in [6.45, 7) is 2.61. The Morgan fingerprint density at radius 1 is 1.19 bits per heavy atom. The van der Waals surface area contributed by atoms with Gasteiger partial charge in [-0.3, -0.25) is 4.79 Å². The molecule has 1 amide bonds. The number of hydrogen-bond acceptors (Lipinski definition) is 4. The first kappa shape index (κ1) is 19.9. The molecule has 158 valence electrons. The number of furan rings is 1. The fourth-order valence-electron chi connectivity index (χ4n) is 4.35. The molecule has 1 aliphatic heterocycles. The van der Waals surface area contributed by atoms with Gasteiger partial charge in [-0.25, -0.2) is 9.37 Å². The fraction of sp³-hybridized carbons (Fsp3) is 0.280. The monoisotopic (exact) mass is 434 g/mol. The van der Waals surface area contributed by atoms with Gasteiger partial charge in [-0.05, 0) is 56.0 Å². The van der Waals surface area contributed by atoms with Crippen LogP contribution in [0, 0.1) is 12.7 Å². The number of aryl methyl sites for hydroxylation is 1. The Bertz CT molecular complexity index is 1200. The lowest BCUT2D eigenvalue weighted by molar-refractivity contribution is 0.0603. The second kappa shape index (κ2) is 8.27. The van der Waals surface area contributed by atoms with E-state index in [2.05, 4.69) is 11.1 Å². The first-order chi connectivity index (χ1) is 15.1. The number of likely N-dealkylation sites (tertiary alicyclic amines) is 1. The largest absolute Gasteiger partial charge is 0.461 e. The molecular weight excluding hydrogens is 411 g/mol. The molecule has 4 nitrogen and oxygen atoms in total. The standard InChI is InChI=1S/C25H23FN2O2S/c1-16-27-23(24(31-16)17-9-11-19(26)12-10-17)25(29)28-13-5-4-7-20(28)15-21-14-18-6-2-3-8-22(18)30-21/h2-3,6,8-12,14,20H,4-5,7,13,15H2,1H3. The van der Waals surface area contributed by atoms with Gasteiger partial charge in [0.15, 0.2) is 0 Å². The van der Waals surface area contributed by atoms with Gasteiger partial charge >= 0.3 is 0 Å². The molecular formula is C25H23FN2O2S. The number of halogens is 1. The summed E-state index contributed by atoms with van der Waals surface area (Å²) < 4.78 is 19.4. The van der Waals surface area contributed by atoms with Gasteiger partial charge in [0, 0.05) is 24.4 Å². The first-order valence-electron chi connectivity index (χ1n) is 10.6. The Hall–Kier alpha value is -2.99. The van der Waals surface area contributed by atoms with Crippen molar-refractivity contribution in [1.29, 1.82) is 0 Å². The number of thiazole rings is 1.